The van der Waals surface area contributed by atoms with Crippen molar-refractivity contribution < 1.29 is 4.74 Å². The smallest absolute Gasteiger partial charge is 0.251 e. The second-order valence-electron chi connectivity index (χ2n) is 16.6. The molecule has 4 aliphatic rings. The lowest BCUT2D eigenvalue weighted by atomic mass is 9.32. The van der Waals surface area contributed by atoms with E-state index in [2.05, 4.69) is 144 Å². The number of para-hydroxylation sites is 3. The molecule has 2 nitrogen and oxygen atoms in total. The highest BCUT2D eigenvalue weighted by molar-refractivity contribution is 6.97. The summed E-state index contributed by atoms with van der Waals surface area (Å²) >= 11 is 0. The van der Waals surface area contributed by atoms with Crippen molar-refractivity contribution >= 4 is 40.2 Å². The molecule has 0 bridgehead atoms. The van der Waals surface area contributed by atoms with Crippen molar-refractivity contribution in [2.24, 2.45) is 0 Å². The maximum absolute atomic E-state index is 6.94. The van der Waals surface area contributed by atoms with Crippen LogP contribution in [0.25, 0.3) is 0 Å². The van der Waals surface area contributed by atoms with Crippen LogP contribution in [0.3, 0.4) is 0 Å². The number of anilines is 3. The number of fused-ring (bicyclic) bond motifs is 6. The molecular formula is C45H46BNO. The molecule has 0 saturated carbocycles. The molecule has 0 N–H and O–H groups in total. The third kappa shape index (κ3) is 4.25. The van der Waals surface area contributed by atoms with Crippen LogP contribution in [0.5, 0.6) is 11.5 Å². The molecule has 2 heterocycles. The van der Waals surface area contributed by atoms with Crippen molar-refractivity contribution in [1.29, 1.82) is 0 Å². The Hall–Kier alpha value is -4.24. The molecule has 5 aromatic rings. The van der Waals surface area contributed by atoms with Gasteiger partial charge in [-0.2, -0.15) is 0 Å². The summed E-state index contributed by atoms with van der Waals surface area (Å²) in [6.07, 6.45) is 7.35. The molecule has 2 aliphatic carbocycles. The summed E-state index contributed by atoms with van der Waals surface area (Å²) in [4.78, 5) is 2.45. The summed E-state index contributed by atoms with van der Waals surface area (Å²) in [6.45, 7) is 14.8. The maximum atomic E-state index is 6.94. The second kappa shape index (κ2) is 10.4. The molecule has 240 valence electrons. The van der Waals surface area contributed by atoms with Crippen molar-refractivity contribution in [2.45, 2.75) is 96.3 Å². The Kier molecular flexibility index (Phi) is 6.46. The summed E-state index contributed by atoms with van der Waals surface area (Å²) in [5.74, 6) is 1.96. The molecule has 3 heteroatoms. The average molecular weight is 628 g/mol. The summed E-state index contributed by atoms with van der Waals surface area (Å²) in [5.41, 5.74) is 17.0. The van der Waals surface area contributed by atoms with Crippen LogP contribution in [0.4, 0.5) is 17.1 Å². The van der Waals surface area contributed by atoms with Gasteiger partial charge < -0.3 is 9.64 Å². The first-order valence-electron chi connectivity index (χ1n) is 18.2. The Balaban J connectivity index is 1.30. The third-order valence-electron chi connectivity index (χ3n) is 12.3. The molecule has 5 aromatic carbocycles. The first-order chi connectivity index (χ1) is 23.1. The first-order valence-corrected chi connectivity index (χ1v) is 18.2. The molecule has 0 fully saturated rings. The Morgan fingerprint density at radius 3 is 1.75 bits per heavy atom. The normalized spacial score (nSPS) is 19.1. The van der Waals surface area contributed by atoms with Crippen molar-refractivity contribution in [2.75, 3.05) is 4.90 Å². The Morgan fingerprint density at radius 1 is 0.583 bits per heavy atom. The second-order valence-corrected chi connectivity index (χ2v) is 16.6. The van der Waals surface area contributed by atoms with E-state index in [0.29, 0.717) is 0 Å². The van der Waals surface area contributed by atoms with E-state index >= 15 is 0 Å². The van der Waals surface area contributed by atoms with Crippen LogP contribution in [-0.4, -0.2) is 6.71 Å². The molecule has 0 aromatic heterocycles. The summed E-state index contributed by atoms with van der Waals surface area (Å²) in [7, 11) is 0. The molecule has 0 unspecified atom stereocenters. The number of rotatable bonds is 2. The zero-order valence-corrected chi connectivity index (χ0v) is 29.4. The van der Waals surface area contributed by atoms with Crippen LogP contribution < -0.4 is 26.0 Å². The van der Waals surface area contributed by atoms with Gasteiger partial charge in [0.1, 0.15) is 11.5 Å². The number of ether oxygens (including phenoxy) is 1. The standard InChI is InChI=1S/C45H46BNO/c1-43(2)25-13-15-29-27-30-16-14-26-44(3,4)41(30)42(40(29)43)46-34-19-9-12-22-38(34)48-39-28-31(23-24-35(39)46)47-36-20-10-7-17-32(36)45(5,6)33-18-8-11-21-37(33)47/h7-12,17-24,27-28H,13-16,25-26H2,1-6H3. The number of hydrogen-bond acceptors (Lipinski definition) is 2. The average Bonchev–Trinajstić information content (AvgIpc) is 3.06. The van der Waals surface area contributed by atoms with Gasteiger partial charge in [-0.1, -0.05) is 114 Å². The van der Waals surface area contributed by atoms with Crippen LogP contribution in [0.1, 0.15) is 101 Å². The molecule has 0 radical (unpaired) electrons. The minimum atomic E-state index is -0.0937. The van der Waals surface area contributed by atoms with Crippen molar-refractivity contribution in [1.82, 2.24) is 0 Å². The predicted octanol–water partition coefficient (Wildman–Crippen LogP) is 9.65. The van der Waals surface area contributed by atoms with Gasteiger partial charge in [-0.05, 0) is 118 Å². The Bertz CT molecular complexity index is 2030. The number of aryl methyl sites for hydroxylation is 2. The fourth-order valence-corrected chi connectivity index (χ4v) is 10.1. The van der Waals surface area contributed by atoms with E-state index < -0.39 is 0 Å². The molecule has 9 rings (SSSR count). The third-order valence-corrected chi connectivity index (χ3v) is 12.3. The van der Waals surface area contributed by atoms with Gasteiger partial charge in [-0.25, -0.2) is 0 Å². The summed E-state index contributed by atoms with van der Waals surface area (Å²) < 4.78 is 6.94. The predicted molar refractivity (Wildman–Crippen MR) is 203 cm³/mol. The van der Waals surface area contributed by atoms with E-state index in [1.807, 2.05) is 0 Å². The van der Waals surface area contributed by atoms with Crippen LogP contribution in [0.2, 0.25) is 0 Å². The van der Waals surface area contributed by atoms with Gasteiger partial charge in [-0.3, -0.25) is 0 Å². The molecule has 0 atom stereocenters. The van der Waals surface area contributed by atoms with Gasteiger partial charge >= 0.3 is 0 Å². The summed E-state index contributed by atoms with van der Waals surface area (Å²) in [6, 6.07) is 36.4. The van der Waals surface area contributed by atoms with E-state index in [1.54, 1.807) is 27.7 Å². The molecular weight excluding hydrogens is 581 g/mol. The molecule has 0 saturated heterocycles. The lowest BCUT2D eigenvalue weighted by Crippen LogP contribution is -2.60. The van der Waals surface area contributed by atoms with Gasteiger partial charge in [0.15, 0.2) is 0 Å². The number of nitrogens with zero attached hydrogens (tertiary/aromatic N) is 1. The highest BCUT2D eigenvalue weighted by atomic mass is 16.5. The molecule has 0 spiro atoms. The number of hydrogen-bond donors (Lipinski definition) is 0. The quantitative estimate of drug-likeness (QED) is 0.177. The summed E-state index contributed by atoms with van der Waals surface area (Å²) in [5, 5.41) is 0. The topological polar surface area (TPSA) is 12.5 Å². The van der Waals surface area contributed by atoms with E-state index in [1.165, 1.54) is 72.0 Å². The van der Waals surface area contributed by atoms with E-state index in [9.17, 15) is 0 Å². The first kappa shape index (κ1) is 29.9. The monoisotopic (exact) mass is 627 g/mol. The van der Waals surface area contributed by atoms with Crippen LogP contribution in [-0.2, 0) is 29.1 Å². The van der Waals surface area contributed by atoms with E-state index in [-0.39, 0.29) is 23.0 Å². The highest BCUT2D eigenvalue weighted by Crippen LogP contribution is 2.52. The lowest BCUT2D eigenvalue weighted by molar-refractivity contribution is 0.416. The Labute approximate surface area is 287 Å². The van der Waals surface area contributed by atoms with Gasteiger partial charge in [0.25, 0.3) is 6.71 Å². The SMILES string of the molecule is CC1(C)CCCc2cc3c(c(B4c5ccccc5Oc5cc(N6c7ccccc7C(C)(C)c7ccccc76)ccc54)c21)C(C)(C)CCC3. The van der Waals surface area contributed by atoms with Gasteiger partial charge in [0, 0.05) is 17.2 Å². The van der Waals surface area contributed by atoms with Crippen LogP contribution >= 0.6 is 0 Å². The number of benzene rings is 5. The Morgan fingerprint density at radius 2 is 1.12 bits per heavy atom. The minimum Gasteiger partial charge on any atom is -0.458 e. The molecule has 2 aliphatic heterocycles. The minimum absolute atomic E-state index is 0.0937. The van der Waals surface area contributed by atoms with E-state index in [4.69, 9.17) is 4.74 Å². The maximum Gasteiger partial charge on any atom is 0.251 e. The van der Waals surface area contributed by atoms with Gasteiger partial charge in [0.05, 0.1) is 11.4 Å². The zero-order valence-electron chi connectivity index (χ0n) is 29.4. The lowest BCUT2D eigenvalue weighted by Gasteiger charge is -2.44. The zero-order chi connectivity index (χ0) is 33.0. The van der Waals surface area contributed by atoms with Crippen molar-refractivity contribution in [3.63, 3.8) is 0 Å². The van der Waals surface area contributed by atoms with Crippen molar-refractivity contribution in [3.05, 3.63) is 130 Å². The molecule has 48 heavy (non-hydrogen) atoms. The fraction of sp³-hybridized carbons (Fsp3) is 0.333. The van der Waals surface area contributed by atoms with Crippen molar-refractivity contribution in [3.8, 4) is 11.5 Å². The highest BCUT2D eigenvalue weighted by Gasteiger charge is 2.45. The van der Waals surface area contributed by atoms with Gasteiger partial charge in [-0.15, -0.1) is 0 Å². The largest absolute Gasteiger partial charge is 0.458 e. The van der Waals surface area contributed by atoms with Gasteiger partial charge in [0.2, 0.25) is 0 Å². The van der Waals surface area contributed by atoms with Crippen LogP contribution in [0.15, 0.2) is 97.1 Å². The van der Waals surface area contributed by atoms with Crippen LogP contribution in [0, 0.1) is 0 Å². The van der Waals surface area contributed by atoms with E-state index in [0.717, 1.165) is 17.2 Å². The fourth-order valence-electron chi connectivity index (χ4n) is 10.1. The molecule has 0 amide bonds.